The van der Waals surface area contributed by atoms with Crippen LogP contribution in [0.25, 0.3) is 0 Å². The summed E-state index contributed by atoms with van der Waals surface area (Å²) in [5.41, 5.74) is 0.884. The summed E-state index contributed by atoms with van der Waals surface area (Å²) in [5, 5.41) is 15.2. The molecule has 0 spiro atoms. The van der Waals surface area contributed by atoms with Crippen molar-refractivity contribution in [3.8, 4) is 0 Å². The van der Waals surface area contributed by atoms with E-state index < -0.39 is 0 Å². The zero-order valence-corrected chi connectivity index (χ0v) is 7.64. The van der Waals surface area contributed by atoms with E-state index in [1.54, 1.807) is 12.4 Å². The van der Waals surface area contributed by atoms with Crippen LogP contribution < -0.4 is 10.6 Å². The molecule has 2 heterocycles. The highest BCUT2D eigenvalue weighted by molar-refractivity contribution is 5.93. The molecular formula is C9H12N4O. The number of hydrogen-bond acceptors (Lipinski definition) is 5. The van der Waals surface area contributed by atoms with Gasteiger partial charge < -0.3 is 15.7 Å². The second-order valence-corrected chi connectivity index (χ2v) is 3.09. The van der Waals surface area contributed by atoms with Crippen LogP contribution in [-0.2, 0) is 0 Å². The number of aliphatic hydroxyl groups is 1. The molecule has 1 aliphatic heterocycles. The highest BCUT2D eigenvalue weighted by atomic mass is 16.3. The summed E-state index contributed by atoms with van der Waals surface area (Å²) in [6.07, 6.45) is 3.05. The Balaban J connectivity index is 1.99. The van der Waals surface area contributed by atoms with E-state index in [9.17, 15) is 5.11 Å². The largest absolute Gasteiger partial charge is 0.389 e. The van der Waals surface area contributed by atoms with E-state index in [0.717, 1.165) is 5.69 Å². The normalized spacial score (nSPS) is 20.9. The molecule has 0 bridgehead atoms. The Morgan fingerprint density at radius 3 is 3.14 bits per heavy atom. The van der Waals surface area contributed by atoms with Crippen LogP contribution in [0.2, 0.25) is 0 Å². The van der Waals surface area contributed by atoms with E-state index in [0.29, 0.717) is 19.0 Å². The maximum atomic E-state index is 9.18. The number of nitrogens with zero attached hydrogens (tertiary/aromatic N) is 2. The molecule has 0 aliphatic carbocycles. The number of anilines is 1. The number of guanidine groups is 1. The van der Waals surface area contributed by atoms with Gasteiger partial charge in [0.05, 0.1) is 24.5 Å². The molecule has 2 rings (SSSR count). The molecular weight excluding hydrogens is 180 g/mol. The molecule has 0 saturated carbocycles. The smallest absolute Gasteiger partial charge is 0.196 e. The van der Waals surface area contributed by atoms with E-state index in [2.05, 4.69) is 20.6 Å². The summed E-state index contributed by atoms with van der Waals surface area (Å²) < 4.78 is 0. The van der Waals surface area contributed by atoms with E-state index in [4.69, 9.17) is 0 Å². The molecule has 5 heteroatoms. The monoisotopic (exact) mass is 192 g/mol. The highest BCUT2D eigenvalue weighted by Crippen LogP contribution is 2.03. The predicted molar refractivity (Wildman–Crippen MR) is 54.2 cm³/mol. The molecule has 0 radical (unpaired) electrons. The summed E-state index contributed by atoms with van der Waals surface area (Å²) in [4.78, 5) is 8.09. The second kappa shape index (κ2) is 4.06. The molecule has 0 amide bonds. The minimum absolute atomic E-state index is 0.380. The van der Waals surface area contributed by atoms with Crippen LogP contribution in [0.3, 0.4) is 0 Å². The standard InChI is InChI=1S/C9H12N4O/c14-8-5-11-9(12-6-8)13-7-2-1-3-10-4-7/h1-4,8,14H,5-6H2,(H2,11,12,13). The van der Waals surface area contributed by atoms with Crippen molar-refractivity contribution in [3.63, 3.8) is 0 Å². The Hall–Kier alpha value is -1.62. The zero-order valence-electron chi connectivity index (χ0n) is 7.64. The molecule has 0 saturated heterocycles. The first-order valence-electron chi connectivity index (χ1n) is 4.48. The lowest BCUT2D eigenvalue weighted by atomic mass is 10.3. The molecule has 1 aromatic rings. The van der Waals surface area contributed by atoms with Crippen LogP contribution in [0, 0.1) is 0 Å². The minimum Gasteiger partial charge on any atom is -0.389 e. The molecule has 5 nitrogen and oxygen atoms in total. The van der Waals surface area contributed by atoms with E-state index in [1.165, 1.54) is 0 Å². The summed E-state index contributed by atoms with van der Waals surface area (Å²) in [6, 6.07) is 3.75. The van der Waals surface area contributed by atoms with Crippen molar-refractivity contribution in [1.29, 1.82) is 0 Å². The molecule has 14 heavy (non-hydrogen) atoms. The van der Waals surface area contributed by atoms with Crippen molar-refractivity contribution < 1.29 is 5.11 Å². The summed E-state index contributed by atoms with van der Waals surface area (Å²) in [5.74, 6) is 0.684. The zero-order chi connectivity index (χ0) is 9.80. The van der Waals surface area contributed by atoms with Crippen LogP contribution >= 0.6 is 0 Å². The molecule has 1 unspecified atom stereocenters. The minimum atomic E-state index is -0.380. The van der Waals surface area contributed by atoms with Gasteiger partial charge in [0.15, 0.2) is 5.96 Å². The maximum absolute atomic E-state index is 9.18. The number of rotatable bonds is 1. The lowest BCUT2D eigenvalue weighted by molar-refractivity contribution is 0.181. The van der Waals surface area contributed by atoms with E-state index >= 15 is 0 Å². The summed E-state index contributed by atoms with van der Waals surface area (Å²) in [6.45, 7) is 0.974. The van der Waals surface area contributed by atoms with Gasteiger partial charge in [-0.3, -0.25) is 9.98 Å². The maximum Gasteiger partial charge on any atom is 0.196 e. The van der Waals surface area contributed by atoms with Gasteiger partial charge >= 0.3 is 0 Å². The lowest BCUT2D eigenvalue weighted by Crippen LogP contribution is -2.42. The van der Waals surface area contributed by atoms with Gasteiger partial charge in [0.25, 0.3) is 0 Å². The fourth-order valence-corrected chi connectivity index (χ4v) is 1.19. The van der Waals surface area contributed by atoms with Crippen molar-refractivity contribution in [2.75, 3.05) is 18.4 Å². The molecule has 1 atom stereocenters. The first-order valence-corrected chi connectivity index (χ1v) is 4.48. The van der Waals surface area contributed by atoms with Crippen molar-refractivity contribution in [1.82, 2.24) is 10.3 Å². The molecule has 1 aromatic heterocycles. The van der Waals surface area contributed by atoms with Gasteiger partial charge in [0.2, 0.25) is 0 Å². The lowest BCUT2D eigenvalue weighted by Gasteiger charge is -2.19. The van der Waals surface area contributed by atoms with Crippen LogP contribution in [0.15, 0.2) is 29.5 Å². The van der Waals surface area contributed by atoms with Crippen molar-refractivity contribution in [2.45, 2.75) is 6.10 Å². The third kappa shape index (κ3) is 2.20. The molecule has 0 aromatic carbocycles. The highest BCUT2D eigenvalue weighted by Gasteiger charge is 2.11. The van der Waals surface area contributed by atoms with Crippen molar-refractivity contribution in [2.24, 2.45) is 4.99 Å². The van der Waals surface area contributed by atoms with Crippen molar-refractivity contribution in [3.05, 3.63) is 24.5 Å². The number of pyridine rings is 1. The number of aliphatic imine (C=N–C) groups is 1. The third-order valence-corrected chi connectivity index (χ3v) is 1.89. The van der Waals surface area contributed by atoms with Crippen LogP contribution in [0.5, 0.6) is 0 Å². The van der Waals surface area contributed by atoms with Crippen LogP contribution in [-0.4, -0.2) is 35.2 Å². The van der Waals surface area contributed by atoms with Crippen LogP contribution in [0.1, 0.15) is 0 Å². The van der Waals surface area contributed by atoms with Gasteiger partial charge in [-0.25, -0.2) is 0 Å². The Bertz CT molecular complexity index is 325. The van der Waals surface area contributed by atoms with Gasteiger partial charge in [-0.2, -0.15) is 0 Å². The van der Waals surface area contributed by atoms with E-state index in [1.807, 2.05) is 12.1 Å². The Morgan fingerprint density at radius 2 is 2.50 bits per heavy atom. The number of β-amino-alcohol motifs (C(OH)–C–C–N with tert-alkyl or cyclic N) is 1. The Kier molecular flexibility index (Phi) is 2.60. The van der Waals surface area contributed by atoms with Gasteiger partial charge in [-0.05, 0) is 12.1 Å². The Labute approximate surface area is 81.9 Å². The predicted octanol–water partition coefficient (Wildman–Crippen LogP) is -0.186. The average molecular weight is 192 g/mol. The summed E-state index contributed by atoms with van der Waals surface area (Å²) in [7, 11) is 0. The van der Waals surface area contributed by atoms with Gasteiger partial charge in [0, 0.05) is 12.7 Å². The number of hydrogen-bond donors (Lipinski definition) is 3. The molecule has 1 aliphatic rings. The van der Waals surface area contributed by atoms with Crippen molar-refractivity contribution >= 4 is 11.6 Å². The number of aromatic nitrogens is 1. The molecule has 74 valence electrons. The third-order valence-electron chi connectivity index (χ3n) is 1.89. The Morgan fingerprint density at radius 1 is 1.57 bits per heavy atom. The quantitative estimate of drug-likeness (QED) is 0.577. The number of aliphatic hydroxyl groups excluding tert-OH is 1. The first-order chi connectivity index (χ1) is 6.84. The SMILES string of the molecule is OC1CN=C(Nc2cccnc2)NC1. The van der Waals surface area contributed by atoms with Gasteiger partial charge in [-0.15, -0.1) is 0 Å². The first kappa shape index (κ1) is 8.96. The fourth-order valence-electron chi connectivity index (χ4n) is 1.19. The van der Waals surface area contributed by atoms with Gasteiger partial charge in [-0.1, -0.05) is 0 Å². The van der Waals surface area contributed by atoms with Crippen LogP contribution in [0.4, 0.5) is 5.69 Å². The fraction of sp³-hybridized carbons (Fsp3) is 0.333. The topological polar surface area (TPSA) is 69.5 Å². The molecule has 0 fully saturated rings. The van der Waals surface area contributed by atoms with E-state index in [-0.39, 0.29) is 6.10 Å². The summed E-state index contributed by atoms with van der Waals surface area (Å²) >= 11 is 0. The average Bonchev–Trinajstić information content (AvgIpc) is 2.23. The van der Waals surface area contributed by atoms with Gasteiger partial charge in [0.1, 0.15) is 0 Å². The molecule has 3 N–H and O–H groups in total. The number of nitrogens with one attached hydrogen (secondary N) is 2. The second-order valence-electron chi connectivity index (χ2n) is 3.09.